The fraction of sp³-hybridized carbons (Fsp3) is 0.533. The minimum atomic E-state index is -0.292. The van der Waals surface area contributed by atoms with Gasteiger partial charge in [0.05, 0.1) is 11.6 Å². The summed E-state index contributed by atoms with van der Waals surface area (Å²) in [7, 11) is 0. The van der Waals surface area contributed by atoms with Gasteiger partial charge in [-0.15, -0.1) is 0 Å². The van der Waals surface area contributed by atoms with Crippen LogP contribution in [0.15, 0.2) is 23.2 Å². The van der Waals surface area contributed by atoms with Gasteiger partial charge in [0.25, 0.3) is 0 Å². The number of rotatable bonds is 2. The molecule has 1 aliphatic heterocycles. The second kappa shape index (κ2) is 4.25. The molecule has 1 saturated carbocycles. The molecule has 1 aromatic rings. The lowest BCUT2D eigenvalue weighted by Gasteiger charge is -2.38. The minimum Gasteiger partial charge on any atom is -0.490 e. The van der Waals surface area contributed by atoms with Crippen molar-refractivity contribution in [3.63, 3.8) is 0 Å². The summed E-state index contributed by atoms with van der Waals surface area (Å²) in [4.78, 5) is 14.7. The minimum absolute atomic E-state index is 0.292. The first-order valence-corrected chi connectivity index (χ1v) is 6.63. The van der Waals surface area contributed by atoms with Gasteiger partial charge in [-0.2, -0.15) is 4.99 Å². The van der Waals surface area contributed by atoms with Crippen molar-refractivity contribution in [2.45, 2.75) is 50.7 Å². The van der Waals surface area contributed by atoms with E-state index in [0.717, 1.165) is 43.4 Å². The first-order chi connectivity index (χ1) is 8.73. The second-order valence-corrected chi connectivity index (χ2v) is 5.38. The fourth-order valence-electron chi connectivity index (χ4n) is 2.88. The van der Waals surface area contributed by atoms with E-state index in [4.69, 9.17) is 4.74 Å². The van der Waals surface area contributed by atoms with Gasteiger partial charge in [-0.1, -0.05) is 6.07 Å². The van der Waals surface area contributed by atoms with Crippen LogP contribution in [-0.4, -0.2) is 12.2 Å². The summed E-state index contributed by atoms with van der Waals surface area (Å²) >= 11 is 0. The van der Waals surface area contributed by atoms with Crippen LogP contribution in [0, 0.1) is 0 Å². The number of hydrogen-bond donors (Lipinski definition) is 0. The molecule has 0 amide bonds. The van der Waals surface area contributed by atoms with E-state index >= 15 is 0 Å². The number of ether oxygens (including phenoxy) is 1. The summed E-state index contributed by atoms with van der Waals surface area (Å²) in [5.41, 5.74) is 2.10. The zero-order valence-corrected chi connectivity index (χ0v) is 10.6. The molecule has 3 nitrogen and oxygen atoms in total. The van der Waals surface area contributed by atoms with E-state index < -0.39 is 0 Å². The maximum atomic E-state index is 10.6. The van der Waals surface area contributed by atoms with E-state index in [-0.39, 0.29) is 5.54 Å². The summed E-state index contributed by atoms with van der Waals surface area (Å²) in [5, 5.41) is 0. The van der Waals surface area contributed by atoms with Crippen LogP contribution in [0.2, 0.25) is 0 Å². The van der Waals surface area contributed by atoms with Gasteiger partial charge in [-0.3, -0.25) is 0 Å². The van der Waals surface area contributed by atoms with Gasteiger partial charge in [0, 0.05) is 0 Å². The zero-order valence-electron chi connectivity index (χ0n) is 10.6. The molecule has 3 heteroatoms. The molecule has 0 radical (unpaired) electrons. The van der Waals surface area contributed by atoms with E-state index in [2.05, 4.69) is 24.0 Å². The lowest BCUT2D eigenvalue weighted by atomic mass is 9.72. The molecule has 1 fully saturated rings. The average Bonchev–Trinajstić information content (AvgIpc) is 2.33. The molecule has 2 aliphatic rings. The summed E-state index contributed by atoms with van der Waals surface area (Å²) in [6.45, 7) is 2.10. The molecular formula is C15H17NO2. The Balaban J connectivity index is 1.97. The number of fused-ring (bicyclic) bond motifs is 1. The number of aryl methyl sites for hydroxylation is 1. The molecule has 0 bridgehead atoms. The SMILES string of the molecule is CC1CCc2cc(C3(N=C=O)CCC3)ccc2O1. The Morgan fingerprint density at radius 1 is 1.44 bits per heavy atom. The summed E-state index contributed by atoms with van der Waals surface area (Å²) in [6, 6.07) is 6.25. The van der Waals surface area contributed by atoms with Crippen molar-refractivity contribution in [3.05, 3.63) is 29.3 Å². The number of benzene rings is 1. The standard InChI is InChI=1S/C15H17NO2/c1-11-3-4-12-9-13(5-6-14(12)18-11)15(16-10-17)7-2-8-15/h5-6,9,11H,2-4,7-8H2,1H3. The molecule has 94 valence electrons. The maximum absolute atomic E-state index is 10.6. The monoisotopic (exact) mass is 243 g/mol. The van der Waals surface area contributed by atoms with E-state index in [1.54, 1.807) is 6.08 Å². The molecule has 0 spiro atoms. The summed E-state index contributed by atoms with van der Waals surface area (Å²) < 4.78 is 5.80. The van der Waals surface area contributed by atoms with E-state index in [1.165, 1.54) is 5.56 Å². The average molecular weight is 243 g/mol. The normalized spacial score (nSPS) is 24.2. The number of nitrogens with zero attached hydrogens (tertiary/aromatic N) is 1. The van der Waals surface area contributed by atoms with Crippen LogP contribution >= 0.6 is 0 Å². The topological polar surface area (TPSA) is 38.7 Å². The molecule has 1 aromatic carbocycles. The van der Waals surface area contributed by atoms with Crippen LogP contribution in [-0.2, 0) is 16.8 Å². The largest absolute Gasteiger partial charge is 0.490 e. The molecule has 3 rings (SSSR count). The molecular weight excluding hydrogens is 226 g/mol. The highest BCUT2D eigenvalue weighted by atomic mass is 16.5. The van der Waals surface area contributed by atoms with Crippen LogP contribution in [0.1, 0.15) is 43.7 Å². The first kappa shape index (κ1) is 11.5. The van der Waals surface area contributed by atoms with Gasteiger partial charge in [0.2, 0.25) is 6.08 Å². The van der Waals surface area contributed by atoms with Crippen LogP contribution in [0.5, 0.6) is 5.75 Å². The van der Waals surface area contributed by atoms with Crippen molar-refractivity contribution in [1.29, 1.82) is 0 Å². The lowest BCUT2D eigenvalue weighted by molar-refractivity contribution is 0.191. The molecule has 0 saturated heterocycles. The fourth-order valence-corrected chi connectivity index (χ4v) is 2.88. The van der Waals surface area contributed by atoms with Crippen molar-refractivity contribution < 1.29 is 9.53 Å². The molecule has 1 atom stereocenters. The highest BCUT2D eigenvalue weighted by Crippen LogP contribution is 2.46. The third kappa shape index (κ3) is 1.75. The van der Waals surface area contributed by atoms with Gasteiger partial charge in [-0.05, 0) is 62.3 Å². The third-order valence-electron chi connectivity index (χ3n) is 4.19. The Labute approximate surface area is 107 Å². The predicted octanol–water partition coefficient (Wildman–Crippen LogP) is 3.12. The highest BCUT2D eigenvalue weighted by Gasteiger charge is 2.39. The predicted molar refractivity (Wildman–Crippen MR) is 68.5 cm³/mol. The van der Waals surface area contributed by atoms with Gasteiger partial charge in [-0.25, -0.2) is 4.79 Å². The number of aliphatic imine (C=N–C) groups is 1. The second-order valence-electron chi connectivity index (χ2n) is 5.38. The molecule has 0 N–H and O–H groups in total. The van der Waals surface area contributed by atoms with Crippen LogP contribution < -0.4 is 4.74 Å². The molecule has 1 aliphatic carbocycles. The van der Waals surface area contributed by atoms with Gasteiger partial charge in [0.15, 0.2) is 0 Å². The highest BCUT2D eigenvalue weighted by molar-refractivity contribution is 5.45. The lowest BCUT2D eigenvalue weighted by Crippen LogP contribution is -2.32. The summed E-state index contributed by atoms with van der Waals surface area (Å²) in [6.07, 6.45) is 7.19. The van der Waals surface area contributed by atoms with Gasteiger partial charge in [0.1, 0.15) is 5.75 Å². The first-order valence-electron chi connectivity index (χ1n) is 6.63. The van der Waals surface area contributed by atoms with Gasteiger partial charge < -0.3 is 4.74 Å². The smallest absolute Gasteiger partial charge is 0.235 e. The third-order valence-corrected chi connectivity index (χ3v) is 4.19. The zero-order chi connectivity index (χ0) is 12.6. The van der Waals surface area contributed by atoms with Crippen molar-refractivity contribution in [2.24, 2.45) is 4.99 Å². The van der Waals surface area contributed by atoms with Crippen molar-refractivity contribution in [3.8, 4) is 5.75 Å². The van der Waals surface area contributed by atoms with Crippen LogP contribution in [0.25, 0.3) is 0 Å². The van der Waals surface area contributed by atoms with E-state index in [9.17, 15) is 4.79 Å². The Kier molecular flexibility index (Phi) is 2.71. The number of isocyanates is 1. The quantitative estimate of drug-likeness (QED) is 0.591. The Hall–Kier alpha value is -1.60. The van der Waals surface area contributed by atoms with Crippen molar-refractivity contribution >= 4 is 6.08 Å². The number of hydrogen-bond acceptors (Lipinski definition) is 3. The molecule has 1 unspecified atom stereocenters. The number of carbonyl (C=O) groups excluding carboxylic acids is 1. The maximum Gasteiger partial charge on any atom is 0.235 e. The Morgan fingerprint density at radius 3 is 2.94 bits per heavy atom. The van der Waals surface area contributed by atoms with E-state index in [0.29, 0.717) is 6.10 Å². The summed E-state index contributed by atoms with van der Waals surface area (Å²) in [5.74, 6) is 0.988. The Bertz CT molecular complexity index is 513. The van der Waals surface area contributed by atoms with E-state index in [1.807, 2.05) is 6.07 Å². The Morgan fingerprint density at radius 2 is 2.28 bits per heavy atom. The molecule has 18 heavy (non-hydrogen) atoms. The van der Waals surface area contributed by atoms with Crippen LogP contribution in [0.3, 0.4) is 0 Å². The molecule has 0 aromatic heterocycles. The molecule has 1 heterocycles. The van der Waals surface area contributed by atoms with Crippen molar-refractivity contribution in [2.75, 3.05) is 0 Å². The van der Waals surface area contributed by atoms with Crippen molar-refractivity contribution in [1.82, 2.24) is 0 Å². The van der Waals surface area contributed by atoms with Gasteiger partial charge >= 0.3 is 0 Å². The van der Waals surface area contributed by atoms with Crippen LogP contribution in [0.4, 0.5) is 0 Å².